The number of nitrogens with zero attached hydrogens (tertiary/aromatic N) is 1. The number of unbranched alkanes of at least 4 members (excludes halogenated alkanes) is 8. The molecule has 0 aromatic carbocycles. The molecule has 0 aliphatic rings. The van der Waals surface area contributed by atoms with Crippen LogP contribution >= 0.6 is 65.9 Å². The summed E-state index contributed by atoms with van der Waals surface area (Å²) in [7, 11) is 0. The van der Waals surface area contributed by atoms with E-state index in [4.69, 9.17) is 4.74 Å². The van der Waals surface area contributed by atoms with Gasteiger partial charge in [-0.05, 0) is 69.8 Å². The fourth-order valence-electron chi connectivity index (χ4n) is 4.58. The van der Waals surface area contributed by atoms with Crippen molar-refractivity contribution in [2.75, 3.05) is 6.61 Å². The van der Waals surface area contributed by atoms with Gasteiger partial charge in [0.15, 0.2) is 0 Å². The van der Waals surface area contributed by atoms with Crippen molar-refractivity contribution in [2.24, 2.45) is 0 Å². The molecule has 10 heteroatoms. The lowest BCUT2D eigenvalue weighted by Gasteiger charge is -2.04. The summed E-state index contributed by atoms with van der Waals surface area (Å²) in [5, 5.41) is 1.24. The molecule has 4 heterocycles. The topological polar surface area (TPSA) is 65.4 Å². The maximum absolute atomic E-state index is 13.8. The number of carbonyl (C=O) groups is 1. The van der Waals surface area contributed by atoms with Crippen molar-refractivity contribution >= 4 is 92.0 Å². The van der Waals surface area contributed by atoms with Gasteiger partial charge in [-0.3, -0.25) is 9.59 Å². The van der Waals surface area contributed by atoms with Crippen molar-refractivity contribution in [1.82, 2.24) is 4.57 Å². The number of halogens is 2. The van der Waals surface area contributed by atoms with Crippen molar-refractivity contribution in [3.05, 3.63) is 56.9 Å². The maximum Gasteiger partial charge on any atom is 0.341 e. The van der Waals surface area contributed by atoms with Gasteiger partial charge in [0.25, 0.3) is 11.1 Å². The van der Waals surface area contributed by atoms with Crippen LogP contribution < -0.4 is 11.1 Å². The number of thiophene rings is 3. The van der Waals surface area contributed by atoms with Crippen LogP contribution in [0.15, 0.2) is 35.4 Å². The Morgan fingerprint density at radius 3 is 1.84 bits per heavy atom. The third-order valence-corrected chi connectivity index (χ3v) is 11.1. The van der Waals surface area contributed by atoms with Gasteiger partial charge in [-0.25, -0.2) is 9.36 Å². The molecule has 0 amide bonds. The highest BCUT2D eigenvalue weighted by Gasteiger charge is 2.24. The van der Waals surface area contributed by atoms with Gasteiger partial charge in [0.2, 0.25) is 0 Å². The second-order valence-electron chi connectivity index (χ2n) is 9.26. The summed E-state index contributed by atoms with van der Waals surface area (Å²) in [4.78, 5) is 41.6. The van der Waals surface area contributed by atoms with Crippen LogP contribution in [0.3, 0.4) is 0 Å². The molecular weight excluding hydrogens is 670 g/mol. The van der Waals surface area contributed by atoms with Crippen LogP contribution in [0.5, 0.6) is 0 Å². The smallest absolute Gasteiger partial charge is 0.341 e. The molecule has 5 nitrogen and oxygen atoms in total. The molecule has 38 heavy (non-hydrogen) atoms. The van der Waals surface area contributed by atoms with E-state index in [1.54, 1.807) is 19.1 Å². The minimum absolute atomic E-state index is 0.215. The Morgan fingerprint density at radius 1 is 0.789 bits per heavy atom. The van der Waals surface area contributed by atoms with E-state index in [1.807, 2.05) is 6.07 Å². The molecular formula is C28H31Br2NO4S3. The number of ether oxygens (including phenoxy) is 1. The average Bonchev–Trinajstić information content (AvgIpc) is 3.58. The minimum Gasteiger partial charge on any atom is -0.462 e. The Morgan fingerprint density at radius 2 is 1.32 bits per heavy atom. The lowest BCUT2D eigenvalue weighted by molar-refractivity contribution is 0.0527. The van der Waals surface area contributed by atoms with E-state index in [1.165, 1.54) is 83.5 Å². The van der Waals surface area contributed by atoms with Gasteiger partial charge < -0.3 is 4.74 Å². The van der Waals surface area contributed by atoms with E-state index >= 15 is 0 Å². The second kappa shape index (κ2) is 13.8. The van der Waals surface area contributed by atoms with Gasteiger partial charge in [0.1, 0.15) is 5.00 Å². The minimum atomic E-state index is -0.514. The molecule has 0 aliphatic carbocycles. The highest BCUT2D eigenvalue weighted by Crippen LogP contribution is 2.38. The highest BCUT2D eigenvalue weighted by atomic mass is 79.9. The van der Waals surface area contributed by atoms with E-state index in [-0.39, 0.29) is 12.2 Å². The van der Waals surface area contributed by atoms with Gasteiger partial charge >= 0.3 is 5.97 Å². The first-order valence-corrected chi connectivity index (χ1v) is 17.2. The molecule has 0 spiro atoms. The number of hydrogen-bond donors (Lipinski definition) is 0. The van der Waals surface area contributed by atoms with Crippen LogP contribution in [-0.2, 0) is 11.2 Å². The zero-order valence-corrected chi connectivity index (χ0v) is 27.2. The fourth-order valence-corrected chi connectivity index (χ4v) is 9.10. The van der Waals surface area contributed by atoms with Gasteiger partial charge in [0, 0.05) is 4.88 Å². The summed E-state index contributed by atoms with van der Waals surface area (Å²) in [6.45, 7) is 4.20. The van der Waals surface area contributed by atoms with E-state index in [2.05, 4.69) is 38.8 Å². The number of hydrogen-bond acceptors (Lipinski definition) is 7. The number of esters is 1. The van der Waals surface area contributed by atoms with E-state index in [9.17, 15) is 14.4 Å². The van der Waals surface area contributed by atoms with Crippen LogP contribution in [0.1, 0.15) is 86.9 Å². The number of fused-ring (bicyclic) bond motifs is 3. The largest absolute Gasteiger partial charge is 0.462 e. The Kier molecular flexibility index (Phi) is 10.8. The summed E-state index contributed by atoms with van der Waals surface area (Å²) in [6.07, 6.45) is 11.9. The molecule has 4 aromatic heterocycles. The molecule has 204 valence electrons. The number of rotatable bonds is 13. The predicted molar refractivity (Wildman–Crippen MR) is 169 cm³/mol. The summed E-state index contributed by atoms with van der Waals surface area (Å²) in [6, 6.07) is 5.32. The molecule has 0 N–H and O–H groups in total. The average molecular weight is 702 g/mol. The summed E-state index contributed by atoms with van der Waals surface area (Å²) in [5.41, 5.74) is -0.569. The highest BCUT2D eigenvalue weighted by molar-refractivity contribution is 9.11. The van der Waals surface area contributed by atoms with Gasteiger partial charge in [-0.2, -0.15) is 0 Å². The first kappa shape index (κ1) is 29.6. The molecule has 0 unspecified atom stereocenters. The van der Waals surface area contributed by atoms with Gasteiger partial charge in [-0.15, -0.1) is 34.0 Å². The first-order chi connectivity index (χ1) is 18.3. The van der Waals surface area contributed by atoms with Gasteiger partial charge in [0.05, 0.1) is 39.9 Å². The Balaban J connectivity index is 1.68. The standard InChI is InChI=1S/C28H31Br2NO4S3/c1-3-5-6-7-8-9-10-11-12-13-17-14-20(28(34)35-4-2)27(36-17)31-25(32)18-15-21(29)37-23(18)24-19(26(31)33)16-22(30)38-24/h14-16H,3-13H2,1-2H3. The van der Waals surface area contributed by atoms with E-state index in [0.29, 0.717) is 15.8 Å². The zero-order chi connectivity index (χ0) is 27.2. The molecule has 0 atom stereocenters. The third kappa shape index (κ3) is 6.69. The molecule has 0 aliphatic heterocycles. The molecule has 0 bridgehead atoms. The maximum atomic E-state index is 13.8. The molecule has 4 rings (SSSR count). The Labute approximate surface area is 251 Å². The van der Waals surface area contributed by atoms with Crippen LogP contribution in [-0.4, -0.2) is 17.1 Å². The van der Waals surface area contributed by atoms with Crippen LogP contribution in [0.2, 0.25) is 0 Å². The Bertz CT molecular complexity index is 1480. The second-order valence-corrected chi connectivity index (χ2v) is 15.2. The fraction of sp³-hybridized carbons (Fsp3) is 0.464. The Hall–Kier alpha value is -1.33. The number of carbonyl (C=O) groups excluding carboxylic acids is 1. The normalized spacial score (nSPS) is 11.6. The van der Waals surface area contributed by atoms with E-state index in [0.717, 1.165) is 41.1 Å². The van der Waals surface area contributed by atoms with Crippen LogP contribution in [0.25, 0.3) is 25.2 Å². The predicted octanol–water partition coefficient (Wildman–Crippen LogP) is 9.46. The zero-order valence-electron chi connectivity index (χ0n) is 21.6. The summed E-state index contributed by atoms with van der Waals surface area (Å²) in [5.74, 6) is -0.514. The number of aromatic nitrogens is 1. The number of aryl methyl sites for hydroxylation is 1. The quantitative estimate of drug-likeness (QED) is 0.103. The monoisotopic (exact) mass is 699 g/mol. The third-order valence-electron chi connectivity index (χ3n) is 6.47. The molecule has 0 saturated carbocycles. The van der Waals surface area contributed by atoms with Gasteiger partial charge in [-0.1, -0.05) is 58.3 Å². The van der Waals surface area contributed by atoms with Crippen molar-refractivity contribution < 1.29 is 9.53 Å². The SMILES string of the molecule is CCCCCCCCCCCc1cc(C(=O)OCC)c(-n2c(=O)c3cc(Br)sc3c3sc(Br)cc3c2=O)s1. The van der Waals surface area contributed by atoms with Crippen molar-refractivity contribution in [2.45, 2.75) is 78.1 Å². The first-order valence-electron chi connectivity index (χ1n) is 13.1. The van der Waals surface area contributed by atoms with Crippen molar-refractivity contribution in [3.63, 3.8) is 0 Å². The van der Waals surface area contributed by atoms with Crippen LogP contribution in [0, 0.1) is 0 Å². The van der Waals surface area contributed by atoms with E-state index < -0.39 is 17.1 Å². The molecule has 0 radical (unpaired) electrons. The molecule has 4 aromatic rings. The lowest BCUT2D eigenvalue weighted by atomic mass is 10.1. The van der Waals surface area contributed by atoms with Crippen molar-refractivity contribution in [3.8, 4) is 5.00 Å². The lowest BCUT2D eigenvalue weighted by Crippen LogP contribution is -2.29. The summed E-state index contributed by atoms with van der Waals surface area (Å²) >= 11 is 11.2. The molecule has 0 fully saturated rings. The van der Waals surface area contributed by atoms with Crippen molar-refractivity contribution in [1.29, 1.82) is 0 Å². The summed E-state index contributed by atoms with van der Waals surface area (Å²) < 4.78 is 9.64. The van der Waals surface area contributed by atoms with Crippen LogP contribution in [0.4, 0.5) is 0 Å². The molecule has 0 saturated heterocycles.